The quantitative estimate of drug-likeness (QED) is 0.903. The van der Waals surface area contributed by atoms with Crippen molar-refractivity contribution in [2.45, 2.75) is 18.8 Å². The van der Waals surface area contributed by atoms with Crippen LogP contribution >= 0.6 is 0 Å². The smallest absolute Gasteiger partial charge is 0.339 e. The van der Waals surface area contributed by atoms with Crippen LogP contribution in [0.1, 0.15) is 34.7 Å². The Morgan fingerprint density at radius 2 is 1.78 bits per heavy atom. The molecule has 0 bridgehead atoms. The third-order valence-electron chi connectivity index (χ3n) is 4.08. The van der Waals surface area contributed by atoms with Crippen molar-refractivity contribution in [3.8, 4) is 22.6 Å². The molecule has 0 aliphatic heterocycles. The van der Waals surface area contributed by atoms with E-state index in [-0.39, 0.29) is 17.1 Å². The number of methoxy groups -OCH3 is 2. The summed E-state index contributed by atoms with van der Waals surface area (Å²) in [6, 6.07) is 8.01. The van der Waals surface area contributed by atoms with Gasteiger partial charge in [0.1, 0.15) is 22.9 Å². The highest BCUT2D eigenvalue weighted by atomic mass is 19.1. The number of carboxylic acid groups (broad SMARTS) is 1. The standard InChI is InChI=1S/C18H17FO4/c1-22-16-9-14(18(20)21)17(23-2)8-13(16)12-6-5-11(7-15(12)19)10-3-4-10/h5-10H,3-4H2,1-2H3,(H,20,21). The van der Waals surface area contributed by atoms with Crippen LogP contribution < -0.4 is 9.47 Å². The molecular formula is C18H17FO4. The summed E-state index contributed by atoms with van der Waals surface area (Å²) in [4.78, 5) is 11.3. The molecule has 5 heteroatoms. The van der Waals surface area contributed by atoms with E-state index in [1.807, 2.05) is 6.07 Å². The minimum atomic E-state index is -1.13. The fourth-order valence-electron chi connectivity index (χ4n) is 2.70. The molecule has 2 aromatic rings. The predicted molar refractivity (Wildman–Crippen MR) is 83.9 cm³/mol. The Balaban J connectivity index is 2.13. The van der Waals surface area contributed by atoms with Crippen molar-refractivity contribution in [2.75, 3.05) is 14.2 Å². The van der Waals surface area contributed by atoms with Crippen LogP contribution in [0.2, 0.25) is 0 Å². The molecule has 1 aliphatic rings. The summed E-state index contributed by atoms with van der Waals surface area (Å²) in [5.74, 6) is -0.557. The zero-order valence-corrected chi connectivity index (χ0v) is 12.9. The zero-order valence-electron chi connectivity index (χ0n) is 12.9. The molecule has 1 aliphatic carbocycles. The van der Waals surface area contributed by atoms with Crippen LogP contribution in [0.4, 0.5) is 4.39 Å². The largest absolute Gasteiger partial charge is 0.496 e. The van der Waals surface area contributed by atoms with Crippen molar-refractivity contribution in [3.63, 3.8) is 0 Å². The molecule has 0 aromatic heterocycles. The zero-order chi connectivity index (χ0) is 16.6. The van der Waals surface area contributed by atoms with E-state index in [0.29, 0.717) is 22.8 Å². The second kappa shape index (κ2) is 5.91. The summed E-state index contributed by atoms with van der Waals surface area (Å²) in [6.07, 6.45) is 2.20. The average Bonchev–Trinajstić information content (AvgIpc) is 3.38. The molecule has 0 unspecified atom stereocenters. The number of hydrogen-bond acceptors (Lipinski definition) is 3. The highest BCUT2D eigenvalue weighted by molar-refractivity contribution is 5.93. The summed E-state index contributed by atoms with van der Waals surface area (Å²) >= 11 is 0. The molecule has 0 saturated heterocycles. The number of rotatable bonds is 5. The van der Waals surface area contributed by atoms with Gasteiger partial charge in [-0.1, -0.05) is 12.1 Å². The normalized spacial score (nSPS) is 13.7. The number of halogens is 1. The molecule has 23 heavy (non-hydrogen) atoms. The van der Waals surface area contributed by atoms with E-state index in [2.05, 4.69) is 0 Å². The van der Waals surface area contributed by atoms with Gasteiger partial charge in [0.2, 0.25) is 0 Å². The van der Waals surface area contributed by atoms with Crippen molar-refractivity contribution in [2.24, 2.45) is 0 Å². The maximum Gasteiger partial charge on any atom is 0.339 e. The Bertz CT molecular complexity index is 766. The van der Waals surface area contributed by atoms with E-state index >= 15 is 0 Å². The summed E-state index contributed by atoms with van der Waals surface area (Å²) < 4.78 is 24.9. The van der Waals surface area contributed by atoms with Gasteiger partial charge in [-0.25, -0.2) is 9.18 Å². The van der Waals surface area contributed by atoms with Gasteiger partial charge in [0.25, 0.3) is 0 Å². The van der Waals surface area contributed by atoms with Crippen molar-refractivity contribution < 1.29 is 23.8 Å². The Morgan fingerprint density at radius 1 is 1.09 bits per heavy atom. The fraction of sp³-hybridized carbons (Fsp3) is 0.278. The summed E-state index contributed by atoms with van der Waals surface area (Å²) in [5, 5.41) is 9.23. The number of aromatic carboxylic acids is 1. The van der Waals surface area contributed by atoms with Crippen LogP contribution in [0.25, 0.3) is 11.1 Å². The van der Waals surface area contributed by atoms with Crippen molar-refractivity contribution in [1.29, 1.82) is 0 Å². The van der Waals surface area contributed by atoms with Gasteiger partial charge in [-0.3, -0.25) is 0 Å². The lowest BCUT2D eigenvalue weighted by molar-refractivity contribution is 0.0693. The summed E-state index contributed by atoms with van der Waals surface area (Å²) in [5.41, 5.74) is 1.80. The van der Waals surface area contributed by atoms with Gasteiger partial charge in [0.15, 0.2) is 0 Å². The Morgan fingerprint density at radius 3 is 2.30 bits per heavy atom. The van der Waals surface area contributed by atoms with Gasteiger partial charge >= 0.3 is 5.97 Å². The second-order valence-corrected chi connectivity index (χ2v) is 5.57. The van der Waals surface area contributed by atoms with Crippen LogP contribution in [-0.2, 0) is 0 Å². The minimum Gasteiger partial charge on any atom is -0.496 e. The maximum absolute atomic E-state index is 14.5. The van der Waals surface area contributed by atoms with Crippen molar-refractivity contribution in [3.05, 3.63) is 47.3 Å². The highest BCUT2D eigenvalue weighted by Gasteiger charge is 2.25. The number of hydrogen-bond donors (Lipinski definition) is 1. The van der Waals surface area contributed by atoms with Gasteiger partial charge in [-0.05, 0) is 42.5 Å². The van der Waals surface area contributed by atoms with E-state index in [9.17, 15) is 14.3 Å². The van der Waals surface area contributed by atoms with E-state index in [0.717, 1.165) is 18.4 Å². The summed E-state index contributed by atoms with van der Waals surface area (Å²) in [7, 11) is 2.80. The third-order valence-corrected chi connectivity index (χ3v) is 4.08. The van der Waals surface area contributed by atoms with E-state index in [4.69, 9.17) is 9.47 Å². The predicted octanol–water partition coefficient (Wildman–Crippen LogP) is 4.09. The van der Waals surface area contributed by atoms with Gasteiger partial charge in [0, 0.05) is 11.1 Å². The van der Waals surface area contributed by atoms with Crippen LogP contribution in [-0.4, -0.2) is 25.3 Å². The molecule has 0 heterocycles. The molecular weight excluding hydrogens is 299 g/mol. The lowest BCUT2D eigenvalue weighted by Crippen LogP contribution is -2.03. The Hall–Kier alpha value is -2.56. The first-order chi connectivity index (χ1) is 11.0. The van der Waals surface area contributed by atoms with Gasteiger partial charge in [-0.15, -0.1) is 0 Å². The maximum atomic E-state index is 14.5. The topological polar surface area (TPSA) is 55.8 Å². The molecule has 1 fully saturated rings. The number of benzene rings is 2. The van der Waals surface area contributed by atoms with E-state index in [1.54, 1.807) is 12.1 Å². The minimum absolute atomic E-state index is 0.0249. The molecule has 1 saturated carbocycles. The van der Waals surface area contributed by atoms with Gasteiger partial charge in [0.05, 0.1) is 14.2 Å². The molecule has 4 nitrogen and oxygen atoms in total. The first-order valence-electron chi connectivity index (χ1n) is 7.34. The first kappa shape index (κ1) is 15.3. The van der Waals surface area contributed by atoms with Crippen molar-refractivity contribution in [1.82, 2.24) is 0 Å². The molecule has 0 spiro atoms. The van der Waals surface area contributed by atoms with Crippen LogP contribution in [0, 0.1) is 5.82 Å². The van der Waals surface area contributed by atoms with E-state index in [1.165, 1.54) is 26.4 Å². The van der Waals surface area contributed by atoms with Crippen LogP contribution in [0.5, 0.6) is 11.5 Å². The van der Waals surface area contributed by atoms with Crippen LogP contribution in [0.3, 0.4) is 0 Å². The number of carboxylic acids is 1. The van der Waals surface area contributed by atoms with E-state index < -0.39 is 5.97 Å². The number of ether oxygens (including phenoxy) is 2. The molecule has 0 atom stereocenters. The molecule has 3 rings (SSSR count). The van der Waals surface area contributed by atoms with Crippen LogP contribution in [0.15, 0.2) is 30.3 Å². The highest BCUT2D eigenvalue weighted by Crippen LogP contribution is 2.42. The molecule has 0 radical (unpaired) electrons. The van der Waals surface area contributed by atoms with Gasteiger partial charge < -0.3 is 14.6 Å². The first-order valence-corrected chi connectivity index (χ1v) is 7.34. The SMILES string of the molecule is COc1cc(-c2ccc(C3CC3)cc2F)c(OC)cc1C(=O)O. The van der Waals surface area contributed by atoms with Crippen molar-refractivity contribution >= 4 is 5.97 Å². The molecule has 0 amide bonds. The molecule has 2 aromatic carbocycles. The Kier molecular flexibility index (Phi) is 3.94. The second-order valence-electron chi connectivity index (χ2n) is 5.57. The average molecular weight is 316 g/mol. The Labute approximate surface area is 133 Å². The lowest BCUT2D eigenvalue weighted by atomic mass is 9.98. The third kappa shape index (κ3) is 2.86. The fourth-order valence-corrected chi connectivity index (χ4v) is 2.70. The monoisotopic (exact) mass is 316 g/mol. The number of carbonyl (C=O) groups is 1. The molecule has 1 N–H and O–H groups in total. The summed E-state index contributed by atoms with van der Waals surface area (Å²) in [6.45, 7) is 0. The van der Waals surface area contributed by atoms with Gasteiger partial charge in [-0.2, -0.15) is 0 Å². The lowest BCUT2D eigenvalue weighted by Gasteiger charge is -2.14. The molecule has 120 valence electrons.